The zero-order valence-corrected chi connectivity index (χ0v) is 12.4. The van der Waals surface area contributed by atoms with Gasteiger partial charge < -0.3 is 11.2 Å². The molecule has 0 aromatic heterocycles. The van der Waals surface area contributed by atoms with E-state index in [0.717, 1.165) is 11.4 Å². The molecule has 0 bridgehead atoms. The number of rotatable bonds is 1. The second-order valence-electron chi connectivity index (χ2n) is 5.86. The van der Waals surface area contributed by atoms with E-state index in [-0.39, 0.29) is 0 Å². The quantitative estimate of drug-likeness (QED) is 0.427. The Bertz CT molecular complexity index is 634. The minimum Gasteiger partial charge on any atom is -0.399 e. The summed E-state index contributed by atoms with van der Waals surface area (Å²) in [6, 6.07) is 12.6. The monoisotopic (exact) mass is 281 g/mol. The summed E-state index contributed by atoms with van der Waals surface area (Å²) >= 11 is 0. The van der Waals surface area contributed by atoms with Gasteiger partial charge in [-0.05, 0) is 85.0 Å². The van der Waals surface area contributed by atoms with Gasteiger partial charge in [0.15, 0.2) is 0 Å². The van der Waals surface area contributed by atoms with Crippen molar-refractivity contribution in [3.63, 3.8) is 0 Å². The molecule has 4 rings (SSSR count). The molecule has 2 aromatic rings. The van der Waals surface area contributed by atoms with Gasteiger partial charge in [-0.1, -0.05) is 12.1 Å². The van der Waals surface area contributed by atoms with E-state index < -0.39 is 0 Å². The lowest BCUT2D eigenvalue weighted by Gasteiger charge is -2.02. The molecule has 0 fully saturated rings. The maximum Gasteiger partial charge on any atom is 0.0488 e. The Hall–Kier alpha value is -2.00. The number of nitrogen functional groups attached to an aromatic ring is 2. The second kappa shape index (κ2) is 6.19. The fraction of sp³-hybridized carbons (Fsp3) is 0.333. The highest BCUT2D eigenvalue weighted by atomic mass is 15.2. The van der Waals surface area contributed by atoms with Gasteiger partial charge in [0.1, 0.15) is 0 Å². The highest BCUT2D eigenvalue weighted by Crippen LogP contribution is 2.24. The van der Waals surface area contributed by atoms with Gasteiger partial charge in [-0.3, -0.25) is 5.84 Å². The van der Waals surface area contributed by atoms with Crippen molar-refractivity contribution in [2.45, 2.75) is 38.5 Å². The van der Waals surface area contributed by atoms with Crippen LogP contribution in [0.4, 0.5) is 11.4 Å². The molecule has 3 heteroatoms. The Kier molecular flexibility index (Phi) is 4.11. The molecule has 0 radical (unpaired) electrons. The van der Waals surface area contributed by atoms with E-state index in [1.807, 2.05) is 12.1 Å². The highest BCUT2D eigenvalue weighted by Gasteiger charge is 2.10. The Morgan fingerprint density at radius 1 is 0.714 bits per heavy atom. The molecular weight excluding hydrogens is 258 g/mol. The van der Waals surface area contributed by atoms with Crippen molar-refractivity contribution in [3.8, 4) is 0 Å². The number of anilines is 2. The number of hydrazine groups is 1. The van der Waals surface area contributed by atoms with E-state index in [1.54, 1.807) is 0 Å². The molecular formula is C18H23N3. The Balaban J connectivity index is 0.000000126. The third-order valence-electron chi connectivity index (χ3n) is 4.39. The maximum absolute atomic E-state index is 5.63. The first-order valence-electron chi connectivity index (χ1n) is 7.72. The number of hydrogen-bond donors (Lipinski definition) is 3. The van der Waals surface area contributed by atoms with E-state index in [4.69, 9.17) is 11.6 Å². The molecule has 110 valence electrons. The van der Waals surface area contributed by atoms with Crippen molar-refractivity contribution in [2.24, 2.45) is 5.84 Å². The van der Waals surface area contributed by atoms with Crippen molar-refractivity contribution < 1.29 is 0 Å². The summed E-state index contributed by atoms with van der Waals surface area (Å²) in [6.07, 6.45) is 7.52. The standard InChI is InChI=1S/C9H12N2.C9H11N/c10-11-9-5-4-7-2-1-3-8(7)6-9;10-9-5-4-7-2-1-3-8(7)6-9/h4-6,11H,1-3,10H2;4-6H,1-3,10H2. The van der Waals surface area contributed by atoms with E-state index >= 15 is 0 Å². The van der Waals surface area contributed by atoms with Crippen molar-refractivity contribution in [3.05, 3.63) is 58.7 Å². The molecule has 21 heavy (non-hydrogen) atoms. The topological polar surface area (TPSA) is 64.1 Å². The summed E-state index contributed by atoms with van der Waals surface area (Å²) < 4.78 is 0. The molecule has 2 aliphatic carbocycles. The zero-order chi connectivity index (χ0) is 14.7. The molecule has 0 spiro atoms. The highest BCUT2D eigenvalue weighted by molar-refractivity contribution is 5.49. The van der Waals surface area contributed by atoms with Crippen LogP contribution < -0.4 is 17.0 Å². The van der Waals surface area contributed by atoms with Gasteiger partial charge in [0.25, 0.3) is 0 Å². The van der Waals surface area contributed by atoms with Crippen LogP contribution in [0.3, 0.4) is 0 Å². The zero-order valence-electron chi connectivity index (χ0n) is 12.4. The number of fused-ring (bicyclic) bond motifs is 2. The first-order valence-corrected chi connectivity index (χ1v) is 7.72. The first kappa shape index (κ1) is 14.0. The molecule has 0 saturated heterocycles. The minimum absolute atomic E-state index is 0.903. The normalized spacial score (nSPS) is 14.9. The number of benzene rings is 2. The van der Waals surface area contributed by atoms with E-state index in [2.05, 4.69) is 29.7 Å². The Labute approximate surface area is 126 Å². The van der Waals surface area contributed by atoms with Gasteiger partial charge in [0, 0.05) is 11.4 Å². The lowest BCUT2D eigenvalue weighted by atomic mass is 10.1. The lowest BCUT2D eigenvalue weighted by Crippen LogP contribution is -2.06. The van der Waals surface area contributed by atoms with Crippen molar-refractivity contribution in [2.75, 3.05) is 11.2 Å². The van der Waals surface area contributed by atoms with Crippen LogP contribution >= 0.6 is 0 Å². The summed E-state index contributed by atoms with van der Waals surface area (Å²) in [5.41, 5.74) is 16.1. The number of nitrogens with one attached hydrogen (secondary N) is 1. The molecule has 2 aromatic carbocycles. The molecule has 0 amide bonds. The third kappa shape index (κ3) is 3.19. The fourth-order valence-electron chi connectivity index (χ4n) is 3.25. The average molecular weight is 281 g/mol. The van der Waals surface area contributed by atoms with Crippen LogP contribution in [0.2, 0.25) is 0 Å². The van der Waals surface area contributed by atoms with Crippen LogP contribution in [-0.4, -0.2) is 0 Å². The van der Waals surface area contributed by atoms with Crippen molar-refractivity contribution in [1.82, 2.24) is 0 Å². The van der Waals surface area contributed by atoms with Crippen LogP contribution in [0.1, 0.15) is 35.1 Å². The summed E-state index contributed by atoms with van der Waals surface area (Å²) in [5.74, 6) is 5.29. The summed E-state index contributed by atoms with van der Waals surface area (Å²) in [5, 5.41) is 0. The number of aryl methyl sites for hydroxylation is 4. The van der Waals surface area contributed by atoms with Crippen molar-refractivity contribution >= 4 is 11.4 Å². The molecule has 0 aliphatic heterocycles. The van der Waals surface area contributed by atoms with Gasteiger partial charge in [-0.2, -0.15) is 0 Å². The predicted molar refractivity (Wildman–Crippen MR) is 89.2 cm³/mol. The van der Waals surface area contributed by atoms with E-state index in [9.17, 15) is 0 Å². The molecule has 5 N–H and O–H groups in total. The number of nitrogens with two attached hydrogens (primary N) is 2. The third-order valence-corrected chi connectivity index (χ3v) is 4.39. The molecule has 2 aliphatic rings. The van der Waals surface area contributed by atoms with E-state index in [1.165, 1.54) is 60.8 Å². The largest absolute Gasteiger partial charge is 0.399 e. The van der Waals surface area contributed by atoms with Crippen LogP contribution in [0, 0.1) is 0 Å². The SMILES string of the molecule is NNc1ccc2c(c1)CCC2.Nc1ccc2c(c1)CCC2. The van der Waals surface area contributed by atoms with Crippen LogP contribution in [-0.2, 0) is 25.7 Å². The van der Waals surface area contributed by atoms with Gasteiger partial charge in [-0.25, -0.2) is 0 Å². The average Bonchev–Trinajstić information content (AvgIpc) is 3.15. The summed E-state index contributed by atoms with van der Waals surface area (Å²) in [4.78, 5) is 0. The van der Waals surface area contributed by atoms with Crippen molar-refractivity contribution in [1.29, 1.82) is 0 Å². The molecule has 0 heterocycles. The Morgan fingerprint density at radius 3 is 1.95 bits per heavy atom. The molecule has 0 atom stereocenters. The van der Waals surface area contributed by atoms with Crippen LogP contribution in [0.15, 0.2) is 36.4 Å². The van der Waals surface area contributed by atoms with Gasteiger partial charge in [-0.15, -0.1) is 0 Å². The van der Waals surface area contributed by atoms with Gasteiger partial charge in [0.05, 0.1) is 0 Å². The first-order chi connectivity index (χ1) is 10.3. The predicted octanol–water partition coefficient (Wildman–Crippen LogP) is 3.22. The molecule has 0 unspecified atom stereocenters. The lowest BCUT2D eigenvalue weighted by molar-refractivity contribution is 0.912. The van der Waals surface area contributed by atoms with E-state index in [0.29, 0.717) is 0 Å². The van der Waals surface area contributed by atoms with Gasteiger partial charge in [0.2, 0.25) is 0 Å². The second-order valence-corrected chi connectivity index (χ2v) is 5.86. The fourth-order valence-corrected chi connectivity index (χ4v) is 3.25. The maximum atomic E-state index is 5.63. The Morgan fingerprint density at radius 2 is 1.29 bits per heavy atom. The summed E-state index contributed by atoms with van der Waals surface area (Å²) in [6.45, 7) is 0. The van der Waals surface area contributed by atoms with Gasteiger partial charge >= 0.3 is 0 Å². The summed E-state index contributed by atoms with van der Waals surface area (Å²) in [7, 11) is 0. The molecule has 0 saturated carbocycles. The molecule has 3 nitrogen and oxygen atoms in total. The smallest absolute Gasteiger partial charge is 0.0488 e. The minimum atomic E-state index is 0.903. The number of hydrogen-bond acceptors (Lipinski definition) is 3. The van der Waals surface area contributed by atoms with Crippen LogP contribution in [0.5, 0.6) is 0 Å². The van der Waals surface area contributed by atoms with Crippen LogP contribution in [0.25, 0.3) is 0 Å².